The van der Waals surface area contributed by atoms with Crippen LogP contribution in [0.15, 0.2) is 34.8 Å². The van der Waals surface area contributed by atoms with Crippen molar-refractivity contribution in [2.45, 2.75) is 25.3 Å². The van der Waals surface area contributed by atoms with E-state index in [0.29, 0.717) is 12.0 Å². The summed E-state index contributed by atoms with van der Waals surface area (Å²) in [7, 11) is 0. The van der Waals surface area contributed by atoms with E-state index in [1.165, 1.54) is 16.0 Å². The fourth-order valence-corrected chi connectivity index (χ4v) is 4.65. The van der Waals surface area contributed by atoms with Crippen LogP contribution in [0, 0.1) is 0 Å². The van der Waals surface area contributed by atoms with Gasteiger partial charge < -0.3 is 5.32 Å². The summed E-state index contributed by atoms with van der Waals surface area (Å²) in [6.07, 6.45) is 1.15. The molecule has 0 saturated heterocycles. The van der Waals surface area contributed by atoms with Crippen molar-refractivity contribution in [3.05, 3.63) is 55.1 Å². The highest BCUT2D eigenvalue weighted by molar-refractivity contribution is 9.10. The Balaban J connectivity index is 1.91. The Labute approximate surface area is 131 Å². The number of hydrogen-bond donors (Lipinski definition) is 1. The molecule has 4 heteroatoms. The van der Waals surface area contributed by atoms with Crippen molar-refractivity contribution in [3.8, 4) is 0 Å². The lowest BCUT2D eigenvalue weighted by Gasteiger charge is -2.36. The van der Waals surface area contributed by atoms with E-state index in [2.05, 4.69) is 58.5 Å². The molecule has 0 bridgehead atoms. The second-order valence-electron chi connectivity index (χ2n) is 4.82. The zero-order valence-corrected chi connectivity index (χ0v) is 13.8. The van der Waals surface area contributed by atoms with Gasteiger partial charge in [-0.1, -0.05) is 42.8 Å². The normalized spacial score (nSPS) is 18.8. The minimum Gasteiger partial charge on any atom is -0.309 e. The average molecular weight is 357 g/mol. The largest absolute Gasteiger partial charge is 0.309 e. The van der Waals surface area contributed by atoms with Crippen LogP contribution in [-0.4, -0.2) is 6.54 Å². The van der Waals surface area contributed by atoms with E-state index in [9.17, 15) is 0 Å². The summed E-state index contributed by atoms with van der Waals surface area (Å²) in [5.41, 5.74) is 2.96. The average Bonchev–Trinajstić information content (AvgIpc) is 2.70. The van der Waals surface area contributed by atoms with Crippen LogP contribution < -0.4 is 5.32 Å². The lowest BCUT2D eigenvalue weighted by Crippen LogP contribution is -2.32. The van der Waals surface area contributed by atoms with Crippen LogP contribution in [0.4, 0.5) is 0 Å². The molecule has 2 unspecified atom stereocenters. The molecule has 0 fully saturated rings. The Morgan fingerprint density at radius 3 is 2.89 bits per heavy atom. The number of fused-ring (bicyclic) bond motifs is 1. The first-order valence-electron chi connectivity index (χ1n) is 6.46. The highest BCUT2D eigenvalue weighted by atomic mass is 79.9. The van der Waals surface area contributed by atoms with Crippen molar-refractivity contribution < 1.29 is 0 Å². The molecule has 0 amide bonds. The zero-order chi connectivity index (χ0) is 13.4. The maximum Gasteiger partial charge on any atom is 0.107 e. The second kappa shape index (κ2) is 5.57. The van der Waals surface area contributed by atoms with Gasteiger partial charge in [-0.05, 0) is 46.1 Å². The van der Waals surface area contributed by atoms with Gasteiger partial charge in [0.05, 0.1) is 0 Å². The Bertz CT molecular complexity index is 576. The minimum atomic E-state index is 0.369. The maximum atomic E-state index is 6.18. The van der Waals surface area contributed by atoms with E-state index in [1.54, 1.807) is 11.3 Å². The first-order chi connectivity index (χ1) is 9.20. The molecular formula is C15H15BrClNS. The number of halogens is 2. The van der Waals surface area contributed by atoms with Gasteiger partial charge in [0.2, 0.25) is 0 Å². The van der Waals surface area contributed by atoms with Gasteiger partial charge >= 0.3 is 0 Å². The van der Waals surface area contributed by atoms with Gasteiger partial charge in [0.25, 0.3) is 0 Å². The third kappa shape index (κ3) is 2.49. The summed E-state index contributed by atoms with van der Waals surface area (Å²) in [5.74, 6) is 0.567. The Kier molecular flexibility index (Phi) is 3.99. The smallest absolute Gasteiger partial charge is 0.107 e. The third-order valence-electron chi connectivity index (χ3n) is 3.69. The van der Waals surface area contributed by atoms with Gasteiger partial charge in [-0.25, -0.2) is 0 Å². The molecule has 1 aliphatic rings. The van der Waals surface area contributed by atoms with Crippen molar-refractivity contribution >= 4 is 38.9 Å². The summed E-state index contributed by atoms with van der Waals surface area (Å²) in [6.45, 7) is 3.12. The van der Waals surface area contributed by atoms with Crippen LogP contribution in [0.3, 0.4) is 0 Å². The van der Waals surface area contributed by atoms with Crippen molar-refractivity contribution in [1.29, 1.82) is 0 Å². The predicted molar refractivity (Wildman–Crippen MR) is 86.3 cm³/mol. The van der Waals surface area contributed by atoms with Gasteiger partial charge in [0.15, 0.2) is 0 Å². The molecule has 2 atom stereocenters. The van der Waals surface area contributed by atoms with Crippen LogP contribution in [-0.2, 0) is 6.42 Å². The molecular weight excluding hydrogens is 342 g/mol. The fraction of sp³-hybridized carbons (Fsp3) is 0.333. The Morgan fingerprint density at radius 1 is 1.47 bits per heavy atom. The second-order valence-corrected chi connectivity index (χ2v) is 7.36. The van der Waals surface area contributed by atoms with Crippen LogP contribution in [0.25, 0.3) is 0 Å². The number of benzene rings is 1. The quantitative estimate of drug-likeness (QED) is 0.798. The molecule has 1 aromatic heterocycles. The number of rotatable bonds is 4. The molecule has 2 aromatic rings. The van der Waals surface area contributed by atoms with Gasteiger partial charge in [0, 0.05) is 21.3 Å². The van der Waals surface area contributed by atoms with E-state index < -0.39 is 0 Å². The molecule has 0 spiro atoms. The van der Waals surface area contributed by atoms with Gasteiger partial charge in [-0.2, -0.15) is 0 Å². The van der Waals surface area contributed by atoms with E-state index in [-0.39, 0.29) is 0 Å². The van der Waals surface area contributed by atoms with Crippen LogP contribution in [0.2, 0.25) is 4.34 Å². The molecule has 1 nitrogen and oxygen atoms in total. The molecule has 1 aliphatic carbocycles. The summed E-state index contributed by atoms with van der Waals surface area (Å²) < 4.78 is 1.84. The molecule has 3 rings (SSSR count). The minimum absolute atomic E-state index is 0.369. The van der Waals surface area contributed by atoms with E-state index in [1.807, 2.05) is 0 Å². The standard InChI is InChI=1S/C15H15BrClNS/c1-2-18-14(13-8-12(16)15(17)19-13)11-7-9-5-3-4-6-10(9)11/h3-6,8,11,14,18H,2,7H2,1H3. The topological polar surface area (TPSA) is 12.0 Å². The maximum absolute atomic E-state index is 6.18. The molecule has 0 aliphatic heterocycles. The van der Waals surface area contributed by atoms with Crippen molar-refractivity contribution in [1.82, 2.24) is 5.32 Å². The van der Waals surface area contributed by atoms with Crippen LogP contribution in [0.5, 0.6) is 0 Å². The van der Waals surface area contributed by atoms with Crippen molar-refractivity contribution in [2.75, 3.05) is 6.54 Å². The van der Waals surface area contributed by atoms with Crippen LogP contribution in [0.1, 0.15) is 34.9 Å². The van der Waals surface area contributed by atoms with Crippen molar-refractivity contribution in [2.24, 2.45) is 0 Å². The predicted octanol–water partition coefficient (Wildman–Crippen LogP) is 5.15. The highest BCUT2D eigenvalue weighted by Gasteiger charge is 2.34. The SMILES string of the molecule is CCNC(c1cc(Br)c(Cl)s1)C1Cc2ccccc21. The lowest BCUT2D eigenvalue weighted by molar-refractivity contribution is 0.425. The van der Waals surface area contributed by atoms with Gasteiger partial charge in [-0.3, -0.25) is 0 Å². The molecule has 0 radical (unpaired) electrons. The summed E-state index contributed by atoms with van der Waals surface area (Å²) >= 11 is 11.4. The summed E-state index contributed by atoms with van der Waals surface area (Å²) in [6, 6.07) is 11.3. The molecule has 1 N–H and O–H groups in total. The molecule has 19 heavy (non-hydrogen) atoms. The number of thiophene rings is 1. The molecule has 1 aromatic carbocycles. The molecule has 100 valence electrons. The van der Waals surface area contributed by atoms with E-state index in [0.717, 1.165) is 21.8 Å². The monoisotopic (exact) mass is 355 g/mol. The first-order valence-corrected chi connectivity index (χ1v) is 8.45. The fourth-order valence-electron chi connectivity index (χ4n) is 2.77. The Morgan fingerprint density at radius 2 is 2.26 bits per heavy atom. The van der Waals surface area contributed by atoms with Crippen LogP contribution >= 0.6 is 38.9 Å². The molecule has 0 saturated carbocycles. The van der Waals surface area contributed by atoms with E-state index in [4.69, 9.17) is 11.6 Å². The zero-order valence-electron chi connectivity index (χ0n) is 10.6. The molecule has 1 heterocycles. The Hall–Kier alpha value is -0.350. The van der Waals surface area contributed by atoms with E-state index >= 15 is 0 Å². The summed E-state index contributed by atoms with van der Waals surface area (Å²) in [5, 5.41) is 3.61. The first kappa shape index (κ1) is 13.6. The lowest BCUT2D eigenvalue weighted by atomic mass is 9.73. The van der Waals surface area contributed by atoms with Gasteiger partial charge in [-0.15, -0.1) is 11.3 Å². The number of nitrogens with one attached hydrogen (secondary N) is 1. The third-order valence-corrected chi connectivity index (χ3v) is 6.25. The number of likely N-dealkylation sites (N-methyl/N-ethyl adjacent to an activating group) is 1. The number of hydrogen-bond acceptors (Lipinski definition) is 2. The summed E-state index contributed by atoms with van der Waals surface area (Å²) in [4.78, 5) is 1.32. The van der Waals surface area contributed by atoms with Crippen molar-refractivity contribution in [3.63, 3.8) is 0 Å². The van der Waals surface area contributed by atoms with Gasteiger partial charge in [0.1, 0.15) is 4.34 Å². The highest BCUT2D eigenvalue weighted by Crippen LogP contribution is 2.46.